The van der Waals surface area contributed by atoms with Crippen LogP contribution in [0.2, 0.25) is 0 Å². The molecule has 3 rings (SSSR count). The van der Waals surface area contributed by atoms with Crippen LogP contribution in [-0.2, 0) is 16.6 Å². The van der Waals surface area contributed by atoms with Crippen molar-refractivity contribution in [3.63, 3.8) is 0 Å². The highest BCUT2D eigenvalue weighted by molar-refractivity contribution is 7.88. The van der Waals surface area contributed by atoms with Gasteiger partial charge in [-0.3, -0.25) is 4.90 Å². The van der Waals surface area contributed by atoms with E-state index >= 15 is 0 Å². The fourth-order valence-electron chi connectivity index (χ4n) is 2.84. The number of sulfonamides is 1. The second-order valence-corrected chi connectivity index (χ2v) is 8.55. The van der Waals surface area contributed by atoms with Crippen LogP contribution < -0.4 is 4.72 Å². The second-order valence-electron chi connectivity index (χ2n) is 5.78. The minimum Gasteiger partial charge on any atom is -0.297 e. The van der Waals surface area contributed by atoms with E-state index in [1.54, 1.807) is 11.3 Å². The molecular weight excluding hydrogens is 316 g/mol. The Hall–Kier alpha value is -1.21. The maximum atomic E-state index is 11.3. The molecule has 0 bridgehead atoms. The van der Waals surface area contributed by atoms with Crippen molar-refractivity contribution in [2.75, 3.05) is 19.3 Å². The molecule has 0 radical (unpaired) electrons. The van der Waals surface area contributed by atoms with Gasteiger partial charge in [0, 0.05) is 30.6 Å². The Morgan fingerprint density at radius 3 is 2.77 bits per heavy atom. The van der Waals surface area contributed by atoms with Gasteiger partial charge in [0.1, 0.15) is 0 Å². The fourth-order valence-corrected chi connectivity index (χ4v) is 4.57. The molecule has 0 aliphatic carbocycles. The summed E-state index contributed by atoms with van der Waals surface area (Å²) >= 11 is 1.77. The van der Waals surface area contributed by atoms with Gasteiger partial charge in [-0.15, -0.1) is 11.3 Å². The van der Waals surface area contributed by atoms with E-state index in [4.69, 9.17) is 0 Å². The summed E-state index contributed by atoms with van der Waals surface area (Å²) in [6, 6.07) is 12.6. The third-order valence-corrected chi connectivity index (χ3v) is 5.48. The molecule has 1 N–H and O–H groups in total. The van der Waals surface area contributed by atoms with Gasteiger partial charge >= 0.3 is 0 Å². The van der Waals surface area contributed by atoms with E-state index in [1.165, 1.54) is 22.3 Å². The number of nitrogens with zero attached hydrogens (tertiary/aromatic N) is 1. The first-order valence-corrected chi connectivity index (χ1v) is 10.1. The summed E-state index contributed by atoms with van der Waals surface area (Å²) in [6.07, 6.45) is 2.10. The Kier molecular flexibility index (Phi) is 4.63. The van der Waals surface area contributed by atoms with Crippen molar-refractivity contribution >= 4 is 21.4 Å². The van der Waals surface area contributed by atoms with Crippen LogP contribution in [0.15, 0.2) is 41.8 Å². The highest BCUT2D eigenvalue weighted by Crippen LogP contribution is 2.27. The summed E-state index contributed by atoms with van der Waals surface area (Å²) in [6.45, 7) is 2.61. The summed E-state index contributed by atoms with van der Waals surface area (Å²) in [5, 5.41) is 2.19. The Morgan fingerprint density at radius 2 is 2.05 bits per heavy atom. The minimum atomic E-state index is -3.11. The smallest absolute Gasteiger partial charge is 0.208 e. The largest absolute Gasteiger partial charge is 0.297 e. The predicted octanol–water partition coefficient (Wildman–Crippen LogP) is 2.54. The SMILES string of the molecule is CS(=O)(=O)N[C@@H]1CCN(Cc2cc(-c3ccccc3)cs2)C1. The van der Waals surface area contributed by atoms with Crippen molar-refractivity contribution in [1.82, 2.24) is 9.62 Å². The lowest BCUT2D eigenvalue weighted by Gasteiger charge is -2.15. The lowest BCUT2D eigenvalue weighted by Crippen LogP contribution is -2.36. The van der Waals surface area contributed by atoms with Crippen molar-refractivity contribution in [2.24, 2.45) is 0 Å². The summed E-state index contributed by atoms with van der Waals surface area (Å²) < 4.78 is 25.3. The topological polar surface area (TPSA) is 49.4 Å². The van der Waals surface area contributed by atoms with Crippen molar-refractivity contribution < 1.29 is 8.42 Å². The van der Waals surface area contributed by atoms with Gasteiger partial charge in [0.05, 0.1) is 6.26 Å². The molecule has 1 saturated heterocycles. The molecule has 4 nitrogen and oxygen atoms in total. The van der Waals surface area contributed by atoms with Crippen LogP contribution in [0.5, 0.6) is 0 Å². The van der Waals surface area contributed by atoms with Gasteiger partial charge in [-0.2, -0.15) is 0 Å². The monoisotopic (exact) mass is 336 g/mol. The zero-order valence-electron chi connectivity index (χ0n) is 12.5. The third-order valence-electron chi connectivity index (χ3n) is 3.79. The molecule has 0 amide bonds. The molecule has 0 spiro atoms. The Balaban J connectivity index is 1.60. The molecule has 1 atom stereocenters. The normalized spacial score (nSPS) is 19.6. The first-order valence-electron chi connectivity index (χ1n) is 7.32. The summed E-state index contributed by atoms with van der Waals surface area (Å²) in [5.74, 6) is 0. The quantitative estimate of drug-likeness (QED) is 0.913. The van der Waals surface area contributed by atoms with Gasteiger partial charge in [0.25, 0.3) is 0 Å². The van der Waals surface area contributed by atoms with Gasteiger partial charge in [0.15, 0.2) is 0 Å². The number of rotatable bonds is 5. The van der Waals surface area contributed by atoms with Crippen molar-refractivity contribution in [2.45, 2.75) is 19.0 Å². The van der Waals surface area contributed by atoms with Crippen LogP contribution in [0.3, 0.4) is 0 Å². The molecule has 1 aliphatic rings. The number of nitrogens with one attached hydrogen (secondary N) is 1. The predicted molar refractivity (Wildman–Crippen MR) is 91.4 cm³/mol. The maximum absolute atomic E-state index is 11.3. The van der Waals surface area contributed by atoms with E-state index in [0.717, 1.165) is 26.1 Å². The summed E-state index contributed by atoms with van der Waals surface area (Å²) in [7, 11) is -3.11. The van der Waals surface area contributed by atoms with Crippen LogP contribution >= 0.6 is 11.3 Å². The Bertz CT molecular complexity index is 726. The number of hydrogen-bond donors (Lipinski definition) is 1. The number of benzene rings is 1. The molecule has 0 unspecified atom stereocenters. The van der Waals surface area contributed by atoms with Gasteiger partial charge in [-0.1, -0.05) is 30.3 Å². The lowest BCUT2D eigenvalue weighted by molar-refractivity contribution is 0.327. The van der Waals surface area contributed by atoms with E-state index in [2.05, 4.69) is 45.3 Å². The van der Waals surface area contributed by atoms with E-state index < -0.39 is 10.0 Å². The highest BCUT2D eigenvalue weighted by atomic mass is 32.2. The average molecular weight is 336 g/mol. The van der Waals surface area contributed by atoms with E-state index in [9.17, 15) is 8.42 Å². The number of likely N-dealkylation sites (tertiary alicyclic amines) is 1. The van der Waals surface area contributed by atoms with Crippen LogP contribution in [0, 0.1) is 0 Å². The van der Waals surface area contributed by atoms with Gasteiger partial charge in [-0.25, -0.2) is 13.1 Å². The van der Waals surface area contributed by atoms with Gasteiger partial charge in [0.2, 0.25) is 10.0 Å². The van der Waals surface area contributed by atoms with E-state index in [1.807, 2.05) is 6.07 Å². The molecule has 0 saturated carbocycles. The molecule has 118 valence electrons. The summed E-state index contributed by atoms with van der Waals surface area (Å²) in [5.41, 5.74) is 2.49. The molecule has 2 aromatic rings. The fraction of sp³-hybridized carbons (Fsp3) is 0.375. The standard InChI is InChI=1S/C16H20N2O2S2/c1-22(19,20)17-15-7-8-18(10-15)11-16-9-14(12-21-16)13-5-3-2-4-6-13/h2-6,9,12,15,17H,7-8,10-11H2,1H3/t15-/m1/s1. The molecule has 1 aromatic carbocycles. The van der Waals surface area contributed by atoms with E-state index in [0.29, 0.717) is 0 Å². The molecule has 2 heterocycles. The van der Waals surface area contributed by atoms with Crippen LogP contribution in [0.4, 0.5) is 0 Å². The number of thiophene rings is 1. The summed E-state index contributed by atoms with van der Waals surface area (Å²) in [4.78, 5) is 3.63. The Labute approximate surface area is 135 Å². The van der Waals surface area contributed by atoms with Crippen LogP contribution in [0.25, 0.3) is 11.1 Å². The molecular formula is C16H20N2O2S2. The molecule has 6 heteroatoms. The zero-order valence-corrected chi connectivity index (χ0v) is 14.2. The molecule has 1 aliphatic heterocycles. The molecule has 1 aromatic heterocycles. The van der Waals surface area contributed by atoms with Crippen LogP contribution in [0.1, 0.15) is 11.3 Å². The zero-order chi connectivity index (χ0) is 15.6. The number of hydrogen-bond acceptors (Lipinski definition) is 4. The second kappa shape index (κ2) is 6.50. The van der Waals surface area contributed by atoms with Gasteiger partial charge < -0.3 is 0 Å². The lowest BCUT2D eigenvalue weighted by atomic mass is 10.1. The van der Waals surface area contributed by atoms with Crippen molar-refractivity contribution in [1.29, 1.82) is 0 Å². The maximum Gasteiger partial charge on any atom is 0.208 e. The first-order chi connectivity index (χ1) is 10.5. The van der Waals surface area contributed by atoms with Crippen molar-refractivity contribution in [3.8, 4) is 11.1 Å². The van der Waals surface area contributed by atoms with Crippen LogP contribution in [-0.4, -0.2) is 38.7 Å². The first kappa shape index (κ1) is 15.7. The van der Waals surface area contributed by atoms with Crippen molar-refractivity contribution in [3.05, 3.63) is 46.7 Å². The third kappa shape index (κ3) is 4.16. The average Bonchev–Trinajstić information content (AvgIpc) is 3.08. The molecule has 1 fully saturated rings. The van der Waals surface area contributed by atoms with Gasteiger partial charge in [-0.05, 0) is 29.0 Å². The molecule has 22 heavy (non-hydrogen) atoms. The highest BCUT2D eigenvalue weighted by Gasteiger charge is 2.24. The minimum absolute atomic E-state index is 0.0450. The van der Waals surface area contributed by atoms with E-state index in [-0.39, 0.29) is 6.04 Å². The Morgan fingerprint density at radius 1 is 1.27 bits per heavy atom.